The number of hydrogen-bond donors (Lipinski definition) is 5. The van der Waals surface area contributed by atoms with E-state index in [2.05, 4.69) is 25.3 Å². The fourth-order valence-electron chi connectivity index (χ4n) is 3.33. The fourth-order valence-corrected chi connectivity index (χ4v) is 4.43. The highest BCUT2D eigenvalue weighted by Crippen LogP contribution is 2.22. The van der Waals surface area contributed by atoms with E-state index in [0.29, 0.717) is 30.5 Å². The number of benzene rings is 3. The Morgan fingerprint density at radius 1 is 0.848 bits per heavy atom. The summed E-state index contributed by atoms with van der Waals surface area (Å²) in [5, 5.41) is 6.09. The van der Waals surface area contributed by atoms with Crippen LogP contribution in [0.25, 0.3) is 11.0 Å². The van der Waals surface area contributed by atoms with E-state index in [4.69, 9.17) is 0 Å². The van der Waals surface area contributed by atoms with Gasteiger partial charge in [-0.3, -0.25) is 9.52 Å². The number of imidazole rings is 1. The molecule has 1 aromatic heterocycles. The van der Waals surface area contributed by atoms with Gasteiger partial charge in [-0.2, -0.15) is 0 Å². The molecule has 10 heteroatoms. The predicted molar refractivity (Wildman–Crippen MR) is 128 cm³/mol. The van der Waals surface area contributed by atoms with Crippen molar-refractivity contribution in [2.24, 2.45) is 0 Å². The third-order valence-corrected chi connectivity index (χ3v) is 6.32. The molecule has 5 N–H and O–H groups in total. The van der Waals surface area contributed by atoms with Crippen molar-refractivity contribution in [3.05, 3.63) is 88.8 Å². The minimum absolute atomic E-state index is 0.0348. The maximum Gasteiger partial charge on any atom is 0.323 e. The fraction of sp³-hybridized carbons (Fsp3) is 0.130. The molecule has 0 atom stereocenters. The monoisotopic (exact) mass is 465 g/mol. The summed E-state index contributed by atoms with van der Waals surface area (Å²) in [5.41, 5.74) is 1.84. The van der Waals surface area contributed by atoms with Crippen LogP contribution in [0.2, 0.25) is 0 Å². The molecule has 0 saturated carbocycles. The van der Waals surface area contributed by atoms with Gasteiger partial charge in [0.25, 0.3) is 15.9 Å². The van der Waals surface area contributed by atoms with Crippen LogP contribution >= 0.6 is 0 Å². The lowest BCUT2D eigenvalue weighted by Gasteiger charge is -2.13. The van der Waals surface area contributed by atoms with E-state index in [9.17, 15) is 18.0 Å². The lowest BCUT2D eigenvalue weighted by molar-refractivity contribution is 0.0954. The molecule has 0 fully saturated rings. The second kappa shape index (κ2) is 9.61. The molecular formula is C23H23N5O4S. The molecule has 0 aliphatic rings. The first-order valence-electron chi connectivity index (χ1n) is 10.3. The highest BCUT2D eigenvalue weighted by Gasteiger charge is 2.19. The molecule has 0 spiro atoms. The van der Waals surface area contributed by atoms with Crippen LogP contribution in [-0.2, 0) is 10.0 Å². The van der Waals surface area contributed by atoms with Crippen molar-refractivity contribution in [3.63, 3.8) is 0 Å². The molecule has 0 unspecified atom stereocenters. The molecule has 0 aliphatic carbocycles. The molecule has 33 heavy (non-hydrogen) atoms. The van der Waals surface area contributed by atoms with E-state index in [0.717, 1.165) is 5.69 Å². The van der Waals surface area contributed by atoms with Gasteiger partial charge in [0.15, 0.2) is 0 Å². The highest BCUT2D eigenvalue weighted by atomic mass is 32.2. The highest BCUT2D eigenvalue weighted by molar-refractivity contribution is 7.92. The van der Waals surface area contributed by atoms with E-state index < -0.39 is 15.7 Å². The van der Waals surface area contributed by atoms with E-state index in [1.54, 1.807) is 18.2 Å². The standard InChI is InChI=1S/C23H23N5O4S/c29-22(25-14-6-13-24-16-7-2-1-3-8-16)18-9-4-5-10-19(18)28-33(31,32)17-11-12-20-21(15-17)27-23(30)26-20/h1-5,7-12,15,24,28H,6,13-14H2,(H,25,29)(H2,26,27,30). The number of fused-ring (bicyclic) bond motifs is 1. The summed E-state index contributed by atoms with van der Waals surface area (Å²) in [6.45, 7) is 1.11. The molecule has 0 bridgehead atoms. The smallest absolute Gasteiger partial charge is 0.323 e. The number of H-pyrrole nitrogens is 2. The summed E-state index contributed by atoms with van der Waals surface area (Å²) in [6, 6.07) is 20.4. The van der Waals surface area contributed by atoms with Crippen LogP contribution in [0, 0.1) is 0 Å². The van der Waals surface area contributed by atoms with Crippen LogP contribution in [0.5, 0.6) is 0 Å². The minimum Gasteiger partial charge on any atom is -0.385 e. The van der Waals surface area contributed by atoms with E-state index in [1.165, 1.54) is 24.3 Å². The zero-order chi connectivity index (χ0) is 23.3. The van der Waals surface area contributed by atoms with Gasteiger partial charge < -0.3 is 20.6 Å². The molecule has 0 radical (unpaired) electrons. The Morgan fingerprint density at radius 2 is 1.58 bits per heavy atom. The molecule has 1 heterocycles. The van der Waals surface area contributed by atoms with Crippen LogP contribution in [0.1, 0.15) is 16.8 Å². The largest absolute Gasteiger partial charge is 0.385 e. The van der Waals surface area contributed by atoms with Gasteiger partial charge in [-0.25, -0.2) is 13.2 Å². The number of amides is 1. The Bertz CT molecular complexity index is 1430. The number of nitrogens with one attached hydrogen (secondary N) is 5. The maximum atomic E-state index is 12.9. The Kier molecular flexibility index (Phi) is 6.45. The van der Waals surface area contributed by atoms with Gasteiger partial charge in [-0.05, 0) is 48.9 Å². The van der Waals surface area contributed by atoms with Crippen LogP contribution in [0.15, 0.2) is 82.5 Å². The second-order valence-corrected chi connectivity index (χ2v) is 9.02. The Hall–Kier alpha value is -4.05. The average Bonchev–Trinajstić information content (AvgIpc) is 3.19. The quantitative estimate of drug-likeness (QED) is 0.242. The number of hydrogen-bond acceptors (Lipinski definition) is 5. The number of aromatic amines is 2. The van der Waals surface area contributed by atoms with Crippen LogP contribution in [-0.4, -0.2) is 37.4 Å². The first-order chi connectivity index (χ1) is 15.9. The van der Waals surface area contributed by atoms with E-state index >= 15 is 0 Å². The van der Waals surface area contributed by atoms with Gasteiger partial charge in [-0.1, -0.05) is 30.3 Å². The number of sulfonamides is 1. The predicted octanol–water partition coefficient (Wildman–Crippen LogP) is 2.89. The molecule has 0 saturated heterocycles. The number of para-hydroxylation sites is 2. The van der Waals surface area contributed by atoms with Crippen molar-refractivity contribution in [2.75, 3.05) is 23.1 Å². The van der Waals surface area contributed by atoms with Gasteiger partial charge in [-0.15, -0.1) is 0 Å². The summed E-state index contributed by atoms with van der Waals surface area (Å²) in [7, 11) is -3.99. The van der Waals surface area contributed by atoms with Crippen molar-refractivity contribution < 1.29 is 13.2 Å². The normalized spacial score (nSPS) is 11.3. The number of rotatable bonds is 9. The van der Waals surface area contributed by atoms with E-state index in [-0.39, 0.29) is 22.1 Å². The zero-order valence-corrected chi connectivity index (χ0v) is 18.4. The summed E-state index contributed by atoms with van der Waals surface area (Å²) < 4.78 is 28.3. The summed E-state index contributed by atoms with van der Waals surface area (Å²) in [6.07, 6.45) is 0.698. The third-order valence-electron chi connectivity index (χ3n) is 4.96. The minimum atomic E-state index is -3.99. The summed E-state index contributed by atoms with van der Waals surface area (Å²) in [5.74, 6) is -0.376. The molecule has 1 amide bonds. The lowest BCUT2D eigenvalue weighted by Crippen LogP contribution is -2.27. The Balaban J connectivity index is 1.40. The Morgan fingerprint density at radius 3 is 2.39 bits per heavy atom. The third kappa shape index (κ3) is 5.42. The molecule has 170 valence electrons. The van der Waals surface area contributed by atoms with Crippen LogP contribution in [0.4, 0.5) is 11.4 Å². The first-order valence-corrected chi connectivity index (χ1v) is 11.8. The van der Waals surface area contributed by atoms with Gasteiger partial charge in [0.2, 0.25) is 0 Å². The van der Waals surface area contributed by atoms with Crippen LogP contribution in [0.3, 0.4) is 0 Å². The maximum absolute atomic E-state index is 12.9. The second-order valence-electron chi connectivity index (χ2n) is 7.34. The van der Waals surface area contributed by atoms with Crippen molar-refractivity contribution >= 4 is 38.3 Å². The first kappa shape index (κ1) is 22.2. The lowest BCUT2D eigenvalue weighted by atomic mass is 10.1. The van der Waals surface area contributed by atoms with Crippen molar-refractivity contribution in [1.82, 2.24) is 15.3 Å². The van der Waals surface area contributed by atoms with Gasteiger partial charge in [0.05, 0.1) is 27.2 Å². The number of carbonyl (C=O) groups is 1. The SMILES string of the molecule is O=C(NCCCNc1ccccc1)c1ccccc1NS(=O)(=O)c1ccc2[nH]c(=O)[nH]c2c1. The van der Waals surface area contributed by atoms with Crippen molar-refractivity contribution in [3.8, 4) is 0 Å². The number of anilines is 2. The molecule has 4 rings (SSSR count). The average molecular weight is 466 g/mol. The number of aromatic nitrogens is 2. The van der Waals surface area contributed by atoms with Crippen LogP contribution < -0.4 is 21.0 Å². The molecule has 4 aromatic rings. The van der Waals surface area contributed by atoms with Crippen molar-refractivity contribution in [1.29, 1.82) is 0 Å². The summed E-state index contributed by atoms with van der Waals surface area (Å²) >= 11 is 0. The molecular weight excluding hydrogens is 442 g/mol. The van der Waals surface area contributed by atoms with Gasteiger partial charge >= 0.3 is 5.69 Å². The molecule has 9 nitrogen and oxygen atoms in total. The molecule has 0 aliphatic heterocycles. The molecule has 3 aromatic carbocycles. The summed E-state index contributed by atoms with van der Waals surface area (Å²) in [4.78, 5) is 29.2. The van der Waals surface area contributed by atoms with Gasteiger partial charge in [0.1, 0.15) is 0 Å². The van der Waals surface area contributed by atoms with Gasteiger partial charge in [0, 0.05) is 18.8 Å². The zero-order valence-electron chi connectivity index (χ0n) is 17.6. The Labute approximate surface area is 190 Å². The number of carbonyl (C=O) groups excluding carboxylic acids is 1. The van der Waals surface area contributed by atoms with E-state index in [1.807, 2.05) is 30.3 Å². The topological polar surface area (TPSA) is 136 Å². The van der Waals surface area contributed by atoms with Crippen molar-refractivity contribution in [2.45, 2.75) is 11.3 Å².